The van der Waals surface area contributed by atoms with Crippen LogP contribution in [0.15, 0.2) is 18.2 Å². The number of hydrogen-bond donors (Lipinski definition) is 2. The molecule has 1 spiro atoms. The predicted molar refractivity (Wildman–Crippen MR) is 92.9 cm³/mol. The van der Waals surface area contributed by atoms with Crippen LogP contribution in [0.2, 0.25) is 0 Å². The van der Waals surface area contributed by atoms with Gasteiger partial charge in [0.15, 0.2) is 0 Å². The smallest absolute Gasteiger partial charge is 0.228 e. The average molecular weight is 327 g/mol. The summed E-state index contributed by atoms with van der Waals surface area (Å²) in [5.41, 5.74) is 2.28. The van der Waals surface area contributed by atoms with Crippen LogP contribution in [-0.2, 0) is 4.79 Å². The van der Waals surface area contributed by atoms with Gasteiger partial charge >= 0.3 is 0 Å². The summed E-state index contributed by atoms with van der Waals surface area (Å²) in [4.78, 5) is 17.3. The first-order valence-electron chi connectivity index (χ1n) is 8.66. The molecule has 1 saturated heterocycles. The lowest BCUT2D eigenvalue weighted by Gasteiger charge is -2.23. The fourth-order valence-electron chi connectivity index (χ4n) is 3.95. The first-order valence-corrected chi connectivity index (χ1v) is 9.47. The molecule has 0 radical (unpaired) electrons. The molecule has 2 N–H and O–H groups in total. The summed E-state index contributed by atoms with van der Waals surface area (Å²) in [6.45, 7) is 2.11. The Kier molecular flexibility index (Phi) is 3.04. The molecule has 0 bridgehead atoms. The van der Waals surface area contributed by atoms with Crippen molar-refractivity contribution in [3.63, 3.8) is 0 Å². The Labute approximate surface area is 139 Å². The van der Waals surface area contributed by atoms with Gasteiger partial charge in [0.1, 0.15) is 0 Å². The molecule has 5 rings (SSSR count). The number of aromatic nitrogens is 1. The van der Waals surface area contributed by atoms with Crippen LogP contribution in [0, 0.1) is 11.3 Å². The summed E-state index contributed by atoms with van der Waals surface area (Å²) in [7, 11) is 0. The molecule has 3 aliphatic rings. The number of hydrogen-bond acceptors (Lipinski definition) is 4. The molecule has 2 aliphatic carbocycles. The zero-order valence-electron chi connectivity index (χ0n) is 13.1. The van der Waals surface area contributed by atoms with Crippen molar-refractivity contribution in [3.05, 3.63) is 23.2 Å². The standard InChI is InChI=1S/C18H21N3OS/c22-16(13-10-18(13)5-7-19-8-6-18)20-12-3-4-14-15(9-12)23-17(21-14)11-1-2-11/h3-4,9,11,13,19H,1-2,5-8,10H2,(H,20,22). The van der Waals surface area contributed by atoms with Gasteiger partial charge < -0.3 is 10.6 Å². The largest absolute Gasteiger partial charge is 0.326 e. The Morgan fingerprint density at radius 3 is 2.91 bits per heavy atom. The third kappa shape index (κ3) is 2.46. The summed E-state index contributed by atoms with van der Waals surface area (Å²) in [5.74, 6) is 1.11. The van der Waals surface area contributed by atoms with Crippen LogP contribution in [0.25, 0.3) is 10.2 Å². The van der Waals surface area contributed by atoms with Crippen LogP contribution in [-0.4, -0.2) is 24.0 Å². The van der Waals surface area contributed by atoms with Gasteiger partial charge in [0.25, 0.3) is 0 Å². The van der Waals surface area contributed by atoms with Gasteiger partial charge in [-0.15, -0.1) is 11.3 Å². The summed E-state index contributed by atoms with van der Waals surface area (Å²) in [5, 5.41) is 7.79. The summed E-state index contributed by atoms with van der Waals surface area (Å²) in [6, 6.07) is 6.13. The van der Waals surface area contributed by atoms with Crippen molar-refractivity contribution >= 4 is 33.1 Å². The number of benzene rings is 1. The molecule has 1 amide bonds. The fourth-order valence-corrected chi connectivity index (χ4v) is 5.13. The highest BCUT2D eigenvalue weighted by Crippen LogP contribution is 2.58. The zero-order valence-corrected chi connectivity index (χ0v) is 13.9. The molecule has 1 aromatic carbocycles. The van der Waals surface area contributed by atoms with Crippen molar-refractivity contribution in [3.8, 4) is 0 Å². The number of fused-ring (bicyclic) bond motifs is 1. The normalized spacial score (nSPS) is 25.7. The van der Waals surface area contributed by atoms with E-state index >= 15 is 0 Å². The molecule has 2 aromatic rings. The first kappa shape index (κ1) is 13.9. The number of thiazole rings is 1. The van der Waals surface area contributed by atoms with E-state index in [2.05, 4.69) is 16.7 Å². The molecule has 23 heavy (non-hydrogen) atoms. The van der Waals surface area contributed by atoms with Crippen LogP contribution < -0.4 is 10.6 Å². The van der Waals surface area contributed by atoms with Gasteiger partial charge in [0, 0.05) is 17.5 Å². The van der Waals surface area contributed by atoms with Gasteiger partial charge in [0.05, 0.1) is 15.2 Å². The number of anilines is 1. The van der Waals surface area contributed by atoms with E-state index in [1.807, 2.05) is 12.1 Å². The van der Waals surface area contributed by atoms with Crippen LogP contribution in [0.1, 0.15) is 43.0 Å². The van der Waals surface area contributed by atoms with Gasteiger partial charge in [-0.25, -0.2) is 4.98 Å². The summed E-state index contributed by atoms with van der Waals surface area (Å²) in [6.07, 6.45) is 5.91. The number of nitrogens with one attached hydrogen (secondary N) is 2. The lowest BCUT2D eigenvalue weighted by atomic mass is 9.92. The lowest BCUT2D eigenvalue weighted by Crippen LogP contribution is -2.31. The van der Waals surface area contributed by atoms with E-state index in [1.54, 1.807) is 11.3 Å². The van der Waals surface area contributed by atoms with E-state index in [-0.39, 0.29) is 11.8 Å². The van der Waals surface area contributed by atoms with E-state index < -0.39 is 0 Å². The topological polar surface area (TPSA) is 54.0 Å². The van der Waals surface area contributed by atoms with Gasteiger partial charge in [-0.3, -0.25) is 4.79 Å². The molecule has 5 heteroatoms. The van der Waals surface area contributed by atoms with Crippen molar-refractivity contribution in [2.45, 2.75) is 38.0 Å². The number of nitrogens with zero attached hydrogens (tertiary/aromatic N) is 1. The maximum atomic E-state index is 12.6. The second kappa shape index (κ2) is 5.02. The van der Waals surface area contributed by atoms with E-state index in [4.69, 9.17) is 4.98 Å². The molecular weight excluding hydrogens is 306 g/mol. The highest BCUT2D eigenvalue weighted by Gasteiger charge is 2.57. The zero-order chi connectivity index (χ0) is 15.4. The molecule has 120 valence electrons. The van der Waals surface area contributed by atoms with Crippen molar-refractivity contribution < 1.29 is 4.79 Å². The van der Waals surface area contributed by atoms with Gasteiger partial charge in [-0.05, 0) is 68.8 Å². The molecule has 2 saturated carbocycles. The number of piperidine rings is 1. The van der Waals surface area contributed by atoms with Gasteiger partial charge in [0.2, 0.25) is 5.91 Å². The van der Waals surface area contributed by atoms with E-state index in [1.165, 1.54) is 22.5 Å². The second-order valence-electron chi connectivity index (χ2n) is 7.37. The van der Waals surface area contributed by atoms with E-state index in [0.29, 0.717) is 11.3 Å². The fraction of sp³-hybridized carbons (Fsp3) is 0.556. The minimum atomic E-state index is 0.207. The molecule has 1 aromatic heterocycles. The lowest BCUT2D eigenvalue weighted by molar-refractivity contribution is -0.118. The summed E-state index contributed by atoms with van der Waals surface area (Å²) < 4.78 is 1.19. The van der Waals surface area contributed by atoms with Crippen molar-refractivity contribution in [2.24, 2.45) is 11.3 Å². The van der Waals surface area contributed by atoms with Gasteiger partial charge in [-0.2, -0.15) is 0 Å². The maximum absolute atomic E-state index is 12.6. The Hall–Kier alpha value is -1.46. The maximum Gasteiger partial charge on any atom is 0.228 e. The van der Waals surface area contributed by atoms with Crippen LogP contribution in [0.4, 0.5) is 5.69 Å². The molecular formula is C18H21N3OS. The molecule has 1 unspecified atom stereocenters. The summed E-state index contributed by atoms with van der Waals surface area (Å²) >= 11 is 1.78. The van der Waals surface area contributed by atoms with Gasteiger partial charge in [-0.1, -0.05) is 0 Å². The van der Waals surface area contributed by atoms with Crippen molar-refractivity contribution in [1.82, 2.24) is 10.3 Å². The Balaban J connectivity index is 1.32. The molecule has 4 nitrogen and oxygen atoms in total. The highest BCUT2D eigenvalue weighted by atomic mass is 32.1. The van der Waals surface area contributed by atoms with Crippen molar-refractivity contribution in [2.75, 3.05) is 18.4 Å². The second-order valence-corrected chi connectivity index (χ2v) is 8.43. The van der Waals surface area contributed by atoms with Crippen LogP contribution in [0.5, 0.6) is 0 Å². The number of carbonyl (C=O) groups is 1. The average Bonchev–Trinajstić information content (AvgIpc) is 3.47. The van der Waals surface area contributed by atoms with E-state index in [0.717, 1.165) is 43.6 Å². The molecule has 2 heterocycles. The SMILES string of the molecule is O=C(Nc1ccc2nc(C3CC3)sc2c1)C1CC12CCNCC2. The Bertz CT molecular complexity index is 774. The number of carbonyl (C=O) groups excluding carboxylic acids is 1. The number of amides is 1. The molecule has 3 fully saturated rings. The third-order valence-corrected chi connectivity index (χ3v) is 6.89. The molecule has 1 aliphatic heterocycles. The molecule has 1 atom stereocenters. The highest BCUT2D eigenvalue weighted by molar-refractivity contribution is 7.18. The minimum absolute atomic E-state index is 0.207. The van der Waals surface area contributed by atoms with Crippen LogP contribution >= 0.6 is 11.3 Å². The quantitative estimate of drug-likeness (QED) is 0.907. The minimum Gasteiger partial charge on any atom is -0.326 e. The van der Waals surface area contributed by atoms with Crippen LogP contribution in [0.3, 0.4) is 0 Å². The van der Waals surface area contributed by atoms with E-state index in [9.17, 15) is 4.79 Å². The first-order chi connectivity index (χ1) is 11.2. The third-order valence-electron chi connectivity index (χ3n) is 5.70. The number of rotatable bonds is 3. The predicted octanol–water partition coefficient (Wildman–Crippen LogP) is 3.50. The van der Waals surface area contributed by atoms with Crippen molar-refractivity contribution in [1.29, 1.82) is 0 Å². The monoisotopic (exact) mass is 327 g/mol. The Morgan fingerprint density at radius 2 is 2.13 bits per heavy atom. The Morgan fingerprint density at radius 1 is 1.30 bits per heavy atom.